The van der Waals surface area contributed by atoms with Crippen LogP contribution in [0.1, 0.15) is 12.5 Å². The van der Waals surface area contributed by atoms with E-state index in [9.17, 15) is 9.90 Å². The predicted molar refractivity (Wildman–Crippen MR) is 126 cm³/mol. The molecule has 0 aliphatic rings. The number of benzene rings is 2. The van der Waals surface area contributed by atoms with E-state index in [1.807, 2.05) is 6.92 Å². The molecule has 0 unspecified atom stereocenters. The molecular formula is C22H21BrN2O7S. The third-order valence-corrected chi connectivity index (χ3v) is 5.69. The number of carboxylic acids is 1. The first-order chi connectivity index (χ1) is 15.9. The fourth-order valence-electron chi connectivity index (χ4n) is 2.79. The second kappa shape index (κ2) is 11.1. The van der Waals surface area contributed by atoms with Gasteiger partial charge >= 0.3 is 5.97 Å². The molecule has 174 valence electrons. The molecular weight excluding hydrogens is 516 g/mol. The standard InChI is InChI=1S/C22H21BrN2O7S/c1-5-31-19-16(23)6-12(7-17(19)30-4)8-18(21(26)27)33-22-25-24-20(32-22)13-9-14(28-2)11-15(10-13)29-3/h6-11H,5H2,1-4H3,(H,26,27)/b18-8-. The van der Waals surface area contributed by atoms with Gasteiger partial charge in [-0.15, -0.1) is 10.2 Å². The summed E-state index contributed by atoms with van der Waals surface area (Å²) in [5.41, 5.74) is 1.16. The lowest BCUT2D eigenvalue weighted by Gasteiger charge is -2.12. The minimum atomic E-state index is -1.15. The Bertz CT molecular complexity index is 1160. The molecule has 0 radical (unpaired) electrons. The molecule has 0 atom stereocenters. The van der Waals surface area contributed by atoms with Gasteiger partial charge in [0.25, 0.3) is 5.22 Å². The largest absolute Gasteiger partial charge is 0.497 e. The average molecular weight is 537 g/mol. The topological polar surface area (TPSA) is 113 Å². The number of thioether (sulfide) groups is 1. The quantitative estimate of drug-likeness (QED) is 0.276. The number of rotatable bonds is 10. The van der Waals surface area contributed by atoms with Crippen LogP contribution < -0.4 is 18.9 Å². The van der Waals surface area contributed by atoms with Crippen molar-refractivity contribution in [2.75, 3.05) is 27.9 Å². The summed E-state index contributed by atoms with van der Waals surface area (Å²) >= 11 is 4.27. The second-order valence-corrected chi connectivity index (χ2v) is 8.20. The zero-order valence-corrected chi connectivity index (χ0v) is 20.7. The van der Waals surface area contributed by atoms with Crippen LogP contribution in [0.4, 0.5) is 0 Å². The van der Waals surface area contributed by atoms with E-state index in [1.165, 1.54) is 27.4 Å². The van der Waals surface area contributed by atoms with Crippen molar-refractivity contribution in [3.63, 3.8) is 0 Å². The van der Waals surface area contributed by atoms with Gasteiger partial charge in [0.15, 0.2) is 11.5 Å². The van der Waals surface area contributed by atoms with Gasteiger partial charge in [0.2, 0.25) is 5.89 Å². The molecule has 1 N–H and O–H groups in total. The highest BCUT2D eigenvalue weighted by molar-refractivity contribution is 9.10. The fourth-order valence-corrected chi connectivity index (χ4v) is 4.03. The van der Waals surface area contributed by atoms with Gasteiger partial charge in [-0.2, -0.15) is 0 Å². The molecule has 2 aromatic carbocycles. The highest BCUT2D eigenvalue weighted by atomic mass is 79.9. The first-order valence-corrected chi connectivity index (χ1v) is 11.2. The number of methoxy groups -OCH3 is 3. The van der Waals surface area contributed by atoms with Crippen LogP contribution in [0.15, 0.2) is 49.3 Å². The number of ether oxygens (including phenoxy) is 4. The van der Waals surface area contributed by atoms with E-state index in [0.29, 0.717) is 45.2 Å². The maximum absolute atomic E-state index is 11.9. The summed E-state index contributed by atoms with van der Waals surface area (Å²) in [6, 6.07) is 8.55. The van der Waals surface area contributed by atoms with E-state index < -0.39 is 5.97 Å². The second-order valence-electron chi connectivity index (χ2n) is 6.36. The lowest BCUT2D eigenvalue weighted by Crippen LogP contribution is -1.99. The average Bonchev–Trinajstić information content (AvgIpc) is 3.28. The number of aliphatic carboxylic acids is 1. The summed E-state index contributed by atoms with van der Waals surface area (Å²) in [7, 11) is 4.58. The van der Waals surface area contributed by atoms with Crippen LogP contribution in [0.25, 0.3) is 17.5 Å². The molecule has 0 fully saturated rings. The van der Waals surface area contributed by atoms with Crippen LogP contribution in [0.5, 0.6) is 23.0 Å². The van der Waals surface area contributed by atoms with Crippen LogP contribution >= 0.6 is 27.7 Å². The molecule has 33 heavy (non-hydrogen) atoms. The van der Waals surface area contributed by atoms with Crippen molar-refractivity contribution in [1.29, 1.82) is 0 Å². The lowest BCUT2D eigenvalue weighted by molar-refractivity contribution is -0.131. The molecule has 9 nitrogen and oxygen atoms in total. The molecule has 3 aromatic rings. The number of carbonyl (C=O) groups is 1. The SMILES string of the molecule is CCOc1c(Br)cc(/C=C(\Sc2nnc(-c3cc(OC)cc(OC)c3)o2)C(=O)O)cc1OC. The number of nitrogens with zero attached hydrogens (tertiary/aromatic N) is 2. The number of hydrogen-bond donors (Lipinski definition) is 1. The van der Waals surface area contributed by atoms with Crippen molar-refractivity contribution in [3.8, 4) is 34.5 Å². The zero-order valence-electron chi connectivity index (χ0n) is 18.2. The van der Waals surface area contributed by atoms with Crippen LogP contribution in [-0.2, 0) is 4.79 Å². The van der Waals surface area contributed by atoms with Crippen molar-refractivity contribution in [1.82, 2.24) is 10.2 Å². The molecule has 3 rings (SSSR count). The van der Waals surface area contributed by atoms with E-state index in [4.69, 9.17) is 23.4 Å². The third-order valence-electron chi connectivity index (χ3n) is 4.25. The molecule has 0 aliphatic carbocycles. The van der Waals surface area contributed by atoms with E-state index in [0.717, 1.165) is 11.8 Å². The van der Waals surface area contributed by atoms with Crippen molar-refractivity contribution in [2.24, 2.45) is 0 Å². The number of carboxylic acid groups (broad SMARTS) is 1. The van der Waals surface area contributed by atoms with Gasteiger partial charge in [-0.3, -0.25) is 0 Å². The van der Waals surface area contributed by atoms with Crippen LogP contribution in [0.2, 0.25) is 0 Å². The summed E-state index contributed by atoms with van der Waals surface area (Å²) in [4.78, 5) is 11.9. The maximum atomic E-state index is 11.9. The van der Waals surface area contributed by atoms with Gasteiger partial charge in [-0.1, -0.05) is 0 Å². The minimum absolute atomic E-state index is 0.0217. The smallest absolute Gasteiger partial charge is 0.342 e. The summed E-state index contributed by atoms with van der Waals surface area (Å²) in [6.07, 6.45) is 1.48. The molecule has 1 heterocycles. The molecule has 0 aliphatic heterocycles. The van der Waals surface area contributed by atoms with E-state index >= 15 is 0 Å². The highest BCUT2D eigenvalue weighted by Crippen LogP contribution is 2.38. The highest BCUT2D eigenvalue weighted by Gasteiger charge is 2.18. The maximum Gasteiger partial charge on any atom is 0.342 e. The van der Waals surface area contributed by atoms with Crippen molar-refractivity contribution in [3.05, 3.63) is 45.3 Å². The van der Waals surface area contributed by atoms with Crippen molar-refractivity contribution >= 4 is 39.7 Å². The fraction of sp³-hybridized carbons (Fsp3) is 0.227. The van der Waals surface area contributed by atoms with Crippen LogP contribution in [0, 0.1) is 0 Å². The molecule has 0 amide bonds. The summed E-state index contributed by atoms with van der Waals surface area (Å²) < 4.78 is 27.8. The first-order valence-electron chi connectivity index (χ1n) is 9.58. The Kier molecular flexibility index (Phi) is 8.23. The van der Waals surface area contributed by atoms with E-state index in [2.05, 4.69) is 26.1 Å². The third kappa shape index (κ3) is 5.99. The van der Waals surface area contributed by atoms with Gasteiger partial charge in [-0.25, -0.2) is 4.79 Å². The molecule has 0 spiro atoms. The Balaban J connectivity index is 1.91. The van der Waals surface area contributed by atoms with Crippen LogP contribution in [-0.4, -0.2) is 49.2 Å². The zero-order chi connectivity index (χ0) is 24.0. The Labute approximate surface area is 202 Å². The van der Waals surface area contributed by atoms with Gasteiger partial charge in [0.05, 0.1) is 32.4 Å². The number of hydrogen-bond acceptors (Lipinski definition) is 9. The van der Waals surface area contributed by atoms with E-state index in [1.54, 1.807) is 30.3 Å². The molecule has 1 aromatic heterocycles. The first kappa shape index (κ1) is 24.5. The van der Waals surface area contributed by atoms with Gasteiger partial charge in [0.1, 0.15) is 16.4 Å². The number of halogens is 1. The lowest BCUT2D eigenvalue weighted by atomic mass is 10.2. The number of aromatic nitrogens is 2. The van der Waals surface area contributed by atoms with Gasteiger partial charge in [0, 0.05) is 11.6 Å². The Morgan fingerprint density at radius 3 is 2.36 bits per heavy atom. The normalized spacial score (nSPS) is 11.2. The molecule has 0 saturated heterocycles. The molecule has 11 heteroatoms. The Hall–Kier alpha value is -3.18. The molecule has 0 saturated carbocycles. The summed E-state index contributed by atoms with van der Waals surface area (Å²) in [5, 5.41) is 17.8. The predicted octanol–water partition coefficient (Wildman–Crippen LogP) is 5.14. The van der Waals surface area contributed by atoms with Gasteiger partial charge in [-0.05, 0) is 70.5 Å². The Morgan fingerprint density at radius 2 is 1.79 bits per heavy atom. The minimum Gasteiger partial charge on any atom is -0.497 e. The molecule has 0 bridgehead atoms. The van der Waals surface area contributed by atoms with Crippen molar-refractivity contribution < 1.29 is 33.3 Å². The summed E-state index contributed by atoms with van der Waals surface area (Å²) in [5.74, 6) is 1.17. The monoisotopic (exact) mass is 536 g/mol. The van der Waals surface area contributed by atoms with Crippen molar-refractivity contribution in [2.45, 2.75) is 12.1 Å². The van der Waals surface area contributed by atoms with E-state index in [-0.39, 0.29) is 16.0 Å². The van der Waals surface area contributed by atoms with Gasteiger partial charge < -0.3 is 28.5 Å². The summed E-state index contributed by atoms with van der Waals surface area (Å²) in [6.45, 7) is 2.32. The van der Waals surface area contributed by atoms with Crippen LogP contribution in [0.3, 0.4) is 0 Å². The Morgan fingerprint density at radius 1 is 1.09 bits per heavy atom.